The number of nitrogens with zero attached hydrogens (tertiary/aromatic N) is 2. The first-order valence-electron chi connectivity index (χ1n) is 8.39. The topological polar surface area (TPSA) is 59.1 Å². The summed E-state index contributed by atoms with van der Waals surface area (Å²) in [5.41, 5.74) is 0.931. The summed E-state index contributed by atoms with van der Waals surface area (Å²) < 4.78 is 10.4. The van der Waals surface area contributed by atoms with Crippen molar-refractivity contribution in [2.75, 3.05) is 40.5 Å². The van der Waals surface area contributed by atoms with E-state index in [1.165, 1.54) is 0 Å². The van der Waals surface area contributed by atoms with E-state index in [1.54, 1.807) is 30.1 Å². The number of para-hydroxylation sites is 1. The fourth-order valence-electron chi connectivity index (χ4n) is 3.04. The van der Waals surface area contributed by atoms with E-state index in [9.17, 15) is 9.59 Å². The van der Waals surface area contributed by atoms with Gasteiger partial charge in [0.25, 0.3) is 0 Å². The number of methoxy groups -OCH3 is 2. The van der Waals surface area contributed by atoms with E-state index in [4.69, 9.17) is 9.47 Å². The highest BCUT2D eigenvalue weighted by Gasteiger charge is 2.36. The van der Waals surface area contributed by atoms with Gasteiger partial charge in [-0.1, -0.05) is 24.3 Å². The molecule has 0 spiro atoms. The van der Waals surface area contributed by atoms with Crippen molar-refractivity contribution in [3.8, 4) is 5.75 Å². The molecular weight excluding hydrogens is 320 g/mol. The van der Waals surface area contributed by atoms with Crippen molar-refractivity contribution in [1.29, 1.82) is 0 Å². The Morgan fingerprint density at radius 3 is 2.84 bits per heavy atom. The van der Waals surface area contributed by atoms with Gasteiger partial charge in [-0.05, 0) is 6.07 Å². The molecule has 1 aliphatic rings. The largest absolute Gasteiger partial charge is 0.496 e. The molecule has 1 aromatic rings. The quantitative estimate of drug-likeness (QED) is 0.639. The standard InChI is InChI=1S/C19H26N2O4/c1-4-9-21(13-15-7-5-6-8-17(15)25-3)19(23)16-12-18(22)20(14-16)10-11-24-2/h4-8,16H,1,9-14H2,2-3H3. The molecule has 1 atom stereocenters. The minimum absolute atomic E-state index is 0.00578. The molecule has 1 aromatic carbocycles. The van der Waals surface area contributed by atoms with Crippen LogP contribution in [0.5, 0.6) is 5.75 Å². The second-order valence-corrected chi connectivity index (χ2v) is 6.05. The minimum Gasteiger partial charge on any atom is -0.496 e. The average Bonchev–Trinajstić information content (AvgIpc) is 3.00. The van der Waals surface area contributed by atoms with Crippen LogP contribution in [0.15, 0.2) is 36.9 Å². The van der Waals surface area contributed by atoms with Crippen LogP contribution >= 0.6 is 0 Å². The van der Waals surface area contributed by atoms with Crippen LogP contribution in [0.25, 0.3) is 0 Å². The van der Waals surface area contributed by atoms with Crippen molar-refractivity contribution in [3.05, 3.63) is 42.5 Å². The maximum absolute atomic E-state index is 12.9. The number of carbonyl (C=O) groups excluding carboxylic acids is 2. The van der Waals surface area contributed by atoms with Crippen LogP contribution in [0.3, 0.4) is 0 Å². The SMILES string of the molecule is C=CCN(Cc1ccccc1OC)C(=O)C1CC(=O)N(CCOC)C1. The molecule has 2 rings (SSSR count). The summed E-state index contributed by atoms with van der Waals surface area (Å²) in [7, 11) is 3.21. The van der Waals surface area contributed by atoms with Crippen LogP contribution in [-0.2, 0) is 20.9 Å². The summed E-state index contributed by atoms with van der Waals surface area (Å²) in [4.78, 5) is 28.4. The molecule has 136 valence electrons. The zero-order chi connectivity index (χ0) is 18.2. The van der Waals surface area contributed by atoms with E-state index in [2.05, 4.69) is 6.58 Å². The molecule has 1 unspecified atom stereocenters. The van der Waals surface area contributed by atoms with Gasteiger partial charge in [0.15, 0.2) is 0 Å². The number of benzene rings is 1. The highest BCUT2D eigenvalue weighted by molar-refractivity contribution is 5.89. The minimum atomic E-state index is -0.320. The first kappa shape index (κ1) is 19.0. The van der Waals surface area contributed by atoms with Gasteiger partial charge in [0.05, 0.1) is 19.6 Å². The summed E-state index contributed by atoms with van der Waals surface area (Å²) >= 11 is 0. The Kier molecular flexibility index (Phi) is 7.01. The van der Waals surface area contributed by atoms with Gasteiger partial charge >= 0.3 is 0 Å². The zero-order valence-electron chi connectivity index (χ0n) is 14.9. The number of carbonyl (C=O) groups is 2. The van der Waals surface area contributed by atoms with Gasteiger partial charge in [-0.3, -0.25) is 9.59 Å². The molecule has 0 radical (unpaired) electrons. The highest BCUT2D eigenvalue weighted by atomic mass is 16.5. The van der Waals surface area contributed by atoms with Gasteiger partial charge in [0.1, 0.15) is 5.75 Å². The lowest BCUT2D eigenvalue weighted by Gasteiger charge is -2.25. The predicted octanol–water partition coefficient (Wildman–Crippen LogP) is 1.70. The zero-order valence-corrected chi connectivity index (χ0v) is 14.9. The van der Waals surface area contributed by atoms with Gasteiger partial charge in [0.2, 0.25) is 11.8 Å². The first-order valence-corrected chi connectivity index (χ1v) is 8.39. The third-order valence-electron chi connectivity index (χ3n) is 4.34. The smallest absolute Gasteiger partial charge is 0.228 e. The van der Waals surface area contributed by atoms with Crippen LogP contribution in [0.4, 0.5) is 0 Å². The summed E-state index contributed by atoms with van der Waals surface area (Å²) in [6.07, 6.45) is 1.95. The Morgan fingerprint density at radius 1 is 1.40 bits per heavy atom. The molecular formula is C19H26N2O4. The van der Waals surface area contributed by atoms with E-state index in [1.807, 2.05) is 24.3 Å². The van der Waals surface area contributed by atoms with Crippen molar-refractivity contribution in [3.63, 3.8) is 0 Å². The molecule has 1 aliphatic heterocycles. The lowest BCUT2D eigenvalue weighted by Crippen LogP contribution is -2.37. The van der Waals surface area contributed by atoms with Gasteiger partial charge in [0, 0.05) is 45.3 Å². The number of hydrogen-bond acceptors (Lipinski definition) is 4. The van der Waals surface area contributed by atoms with Gasteiger partial charge in [-0.15, -0.1) is 6.58 Å². The summed E-state index contributed by atoms with van der Waals surface area (Å²) in [6, 6.07) is 7.62. The Morgan fingerprint density at radius 2 is 2.16 bits per heavy atom. The molecule has 6 nitrogen and oxygen atoms in total. The molecule has 0 saturated carbocycles. The number of hydrogen-bond donors (Lipinski definition) is 0. The summed E-state index contributed by atoms with van der Waals surface area (Å²) in [6.45, 7) is 6.05. The number of amides is 2. The first-order chi connectivity index (χ1) is 12.1. The monoisotopic (exact) mass is 346 g/mol. The second kappa shape index (κ2) is 9.22. The molecule has 0 aliphatic carbocycles. The van der Waals surface area contributed by atoms with Crippen molar-refractivity contribution in [2.45, 2.75) is 13.0 Å². The van der Waals surface area contributed by atoms with Crippen LogP contribution < -0.4 is 4.74 Å². The highest BCUT2D eigenvalue weighted by Crippen LogP contribution is 2.24. The second-order valence-electron chi connectivity index (χ2n) is 6.05. The van der Waals surface area contributed by atoms with Gasteiger partial charge in [-0.2, -0.15) is 0 Å². The molecule has 1 fully saturated rings. The summed E-state index contributed by atoms with van der Waals surface area (Å²) in [5, 5.41) is 0. The Bertz CT molecular complexity index is 617. The molecule has 2 amide bonds. The molecule has 25 heavy (non-hydrogen) atoms. The Hall–Kier alpha value is -2.34. The number of ether oxygens (including phenoxy) is 2. The molecule has 1 saturated heterocycles. The third-order valence-corrected chi connectivity index (χ3v) is 4.34. The van der Waals surface area contributed by atoms with E-state index in [-0.39, 0.29) is 24.2 Å². The van der Waals surface area contributed by atoms with Gasteiger partial charge in [-0.25, -0.2) is 0 Å². The fraction of sp³-hybridized carbons (Fsp3) is 0.474. The molecule has 0 aromatic heterocycles. The van der Waals surface area contributed by atoms with Crippen LogP contribution in [0.2, 0.25) is 0 Å². The Labute approximate surface area is 149 Å². The fourth-order valence-corrected chi connectivity index (χ4v) is 3.04. The molecule has 6 heteroatoms. The number of likely N-dealkylation sites (tertiary alicyclic amines) is 1. The van der Waals surface area contributed by atoms with Crippen LogP contribution in [-0.4, -0.2) is 62.1 Å². The predicted molar refractivity (Wildman–Crippen MR) is 95.2 cm³/mol. The number of rotatable bonds is 9. The lowest BCUT2D eigenvalue weighted by molar-refractivity contribution is -0.136. The molecule has 1 heterocycles. The average molecular weight is 346 g/mol. The van der Waals surface area contributed by atoms with E-state index in [0.717, 1.165) is 11.3 Å². The summed E-state index contributed by atoms with van der Waals surface area (Å²) in [5.74, 6) is 0.401. The van der Waals surface area contributed by atoms with E-state index in [0.29, 0.717) is 32.8 Å². The van der Waals surface area contributed by atoms with E-state index < -0.39 is 0 Å². The maximum Gasteiger partial charge on any atom is 0.228 e. The van der Waals surface area contributed by atoms with Crippen LogP contribution in [0.1, 0.15) is 12.0 Å². The van der Waals surface area contributed by atoms with Crippen molar-refractivity contribution >= 4 is 11.8 Å². The van der Waals surface area contributed by atoms with Crippen LogP contribution in [0, 0.1) is 5.92 Å². The van der Waals surface area contributed by atoms with Crippen molar-refractivity contribution < 1.29 is 19.1 Å². The third kappa shape index (κ3) is 4.82. The Balaban J connectivity index is 2.08. The molecule has 0 N–H and O–H groups in total. The normalized spacial score (nSPS) is 16.8. The van der Waals surface area contributed by atoms with E-state index >= 15 is 0 Å². The van der Waals surface area contributed by atoms with Gasteiger partial charge < -0.3 is 19.3 Å². The van der Waals surface area contributed by atoms with Crippen molar-refractivity contribution in [2.24, 2.45) is 5.92 Å². The lowest BCUT2D eigenvalue weighted by atomic mass is 10.1. The molecule has 0 bridgehead atoms. The van der Waals surface area contributed by atoms with Crippen molar-refractivity contribution in [1.82, 2.24) is 9.80 Å². The maximum atomic E-state index is 12.9.